The van der Waals surface area contributed by atoms with Crippen molar-refractivity contribution in [3.63, 3.8) is 0 Å². The number of amides is 1. The highest BCUT2D eigenvalue weighted by Gasteiger charge is 2.27. The van der Waals surface area contributed by atoms with Crippen molar-refractivity contribution in [2.75, 3.05) is 31.1 Å². The summed E-state index contributed by atoms with van der Waals surface area (Å²) >= 11 is 0. The molecule has 3 N–H and O–H groups in total. The normalized spacial score (nSPS) is 16.9. The molecule has 1 atom stereocenters. The van der Waals surface area contributed by atoms with Gasteiger partial charge in [0.25, 0.3) is 0 Å². The Bertz CT molecular complexity index is 473. The lowest BCUT2D eigenvalue weighted by Gasteiger charge is -2.35. The number of carboxylic acids is 1. The number of aromatic nitrogens is 2. The van der Waals surface area contributed by atoms with Gasteiger partial charge in [-0.3, -0.25) is 9.59 Å². The number of piperazine rings is 1. The number of hydrogen-bond donors (Lipinski definition) is 2. The Morgan fingerprint density at radius 2 is 1.85 bits per heavy atom. The molecule has 1 aromatic heterocycles. The highest BCUT2D eigenvalue weighted by molar-refractivity contribution is 5.86. The Balaban J connectivity index is 1.88. The maximum atomic E-state index is 12.0. The summed E-state index contributed by atoms with van der Waals surface area (Å²) in [6.07, 6.45) is 2.99. The minimum atomic E-state index is -1.07. The first-order valence-corrected chi connectivity index (χ1v) is 6.36. The van der Waals surface area contributed by atoms with Crippen LogP contribution >= 0.6 is 0 Å². The molecule has 2 heterocycles. The predicted molar refractivity (Wildman–Crippen MR) is 71.1 cm³/mol. The number of nitrogens with zero attached hydrogens (tertiary/aromatic N) is 4. The van der Waals surface area contributed by atoms with E-state index in [0.717, 1.165) is 0 Å². The average Bonchev–Trinajstić information content (AvgIpc) is 2.47. The Hall–Kier alpha value is -2.22. The molecule has 0 aromatic carbocycles. The number of carbonyl (C=O) groups is 2. The van der Waals surface area contributed by atoms with Crippen molar-refractivity contribution in [3.8, 4) is 0 Å². The van der Waals surface area contributed by atoms with Crippen LogP contribution in [-0.2, 0) is 9.59 Å². The fourth-order valence-corrected chi connectivity index (χ4v) is 2.09. The predicted octanol–water partition coefficient (Wildman–Crippen LogP) is -1.07. The zero-order valence-corrected chi connectivity index (χ0v) is 11.0. The van der Waals surface area contributed by atoms with Gasteiger partial charge < -0.3 is 20.6 Å². The molecule has 1 unspecified atom stereocenters. The third kappa shape index (κ3) is 3.41. The van der Waals surface area contributed by atoms with Crippen LogP contribution in [0, 0.1) is 0 Å². The Kier molecular flexibility index (Phi) is 4.46. The lowest BCUT2D eigenvalue weighted by Crippen LogP contribution is -2.53. The van der Waals surface area contributed by atoms with Crippen LogP contribution in [0.1, 0.15) is 6.42 Å². The van der Waals surface area contributed by atoms with Crippen molar-refractivity contribution < 1.29 is 14.7 Å². The van der Waals surface area contributed by atoms with Crippen LogP contribution in [0.15, 0.2) is 18.5 Å². The molecule has 1 saturated heterocycles. The van der Waals surface area contributed by atoms with Crippen molar-refractivity contribution in [2.45, 2.75) is 12.5 Å². The van der Waals surface area contributed by atoms with Crippen molar-refractivity contribution >= 4 is 17.8 Å². The topological polar surface area (TPSA) is 113 Å². The van der Waals surface area contributed by atoms with Crippen LogP contribution in [0.2, 0.25) is 0 Å². The summed E-state index contributed by atoms with van der Waals surface area (Å²) in [7, 11) is 0. The first-order valence-electron chi connectivity index (χ1n) is 6.36. The van der Waals surface area contributed by atoms with Gasteiger partial charge in [0.05, 0.1) is 12.5 Å². The summed E-state index contributed by atoms with van der Waals surface area (Å²) in [6.45, 7) is 2.19. The highest BCUT2D eigenvalue weighted by atomic mass is 16.4. The molecule has 1 aliphatic rings. The second-order valence-electron chi connectivity index (χ2n) is 4.57. The van der Waals surface area contributed by atoms with Crippen LogP contribution < -0.4 is 10.6 Å². The molecular formula is C12H17N5O3. The molecule has 0 saturated carbocycles. The highest BCUT2D eigenvalue weighted by Crippen LogP contribution is 2.10. The van der Waals surface area contributed by atoms with E-state index < -0.39 is 12.0 Å². The maximum Gasteiger partial charge on any atom is 0.305 e. The van der Waals surface area contributed by atoms with Crippen LogP contribution in [0.4, 0.5) is 5.95 Å². The van der Waals surface area contributed by atoms with E-state index in [2.05, 4.69) is 9.97 Å². The number of hydrogen-bond acceptors (Lipinski definition) is 6. The molecule has 2 rings (SSSR count). The Morgan fingerprint density at radius 3 is 2.40 bits per heavy atom. The van der Waals surface area contributed by atoms with Gasteiger partial charge in [-0.1, -0.05) is 0 Å². The molecule has 0 spiro atoms. The lowest BCUT2D eigenvalue weighted by molar-refractivity contribution is -0.142. The van der Waals surface area contributed by atoms with E-state index in [1.807, 2.05) is 4.90 Å². The van der Waals surface area contributed by atoms with E-state index in [1.165, 1.54) is 0 Å². The van der Waals surface area contributed by atoms with Gasteiger partial charge in [-0.2, -0.15) is 0 Å². The van der Waals surface area contributed by atoms with Gasteiger partial charge in [0.1, 0.15) is 0 Å². The molecule has 108 valence electrons. The first-order chi connectivity index (χ1) is 9.58. The minimum absolute atomic E-state index is 0.318. The standard InChI is InChI=1S/C12H17N5O3/c13-9(8-10(18)19)11(20)16-4-6-17(7-5-16)12-14-2-1-3-15-12/h1-3,9H,4-8,13H2,(H,18,19). The lowest BCUT2D eigenvalue weighted by atomic mass is 10.2. The molecule has 1 amide bonds. The fraction of sp³-hybridized carbons (Fsp3) is 0.500. The smallest absolute Gasteiger partial charge is 0.305 e. The number of carboxylic acid groups (broad SMARTS) is 1. The van der Waals surface area contributed by atoms with E-state index >= 15 is 0 Å². The van der Waals surface area contributed by atoms with Crippen LogP contribution in [0.3, 0.4) is 0 Å². The second kappa shape index (κ2) is 6.29. The van der Waals surface area contributed by atoms with Gasteiger partial charge in [-0.25, -0.2) is 9.97 Å². The summed E-state index contributed by atoms with van der Waals surface area (Å²) < 4.78 is 0. The second-order valence-corrected chi connectivity index (χ2v) is 4.57. The molecular weight excluding hydrogens is 262 g/mol. The molecule has 8 heteroatoms. The zero-order valence-electron chi connectivity index (χ0n) is 11.0. The van der Waals surface area contributed by atoms with Crippen LogP contribution in [-0.4, -0.2) is 64.1 Å². The average molecular weight is 279 g/mol. The van der Waals surface area contributed by atoms with Crippen molar-refractivity contribution in [1.82, 2.24) is 14.9 Å². The fourth-order valence-electron chi connectivity index (χ4n) is 2.09. The van der Waals surface area contributed by atoms with E-state index in [1.54, 1.807) is 23.4 Å². The van der Waals surface area contributed by atoms with Crippen molar-refractivity contribution in [1.29, 1.82) is 0 Å². The van der Waals surface area contributed by atoms with E-state index in [4.69, 9.17) is 10.8 Å². The van der Waals surface area contributed by atoms with E-state index in [9.17, 15) is 9.59 Å². The van der Waals surface area contributed by atoms with Gasteiger partial charge in [-0.05, 0) is 6.07 Å². The van der Waals surface area contributed by atoms with Crippen molar-refractivity contribution in [2.24, 2.45) is 5.73 Å². The number of nitrogens with two attached hydrogens (primary N) is 1. The number of rotatable bonds is 4. The molecule has 20 heavy (non-hydrogen) atoms. The molecule has 0 bridgehead atoms. The summed E-state index contributed by atoms with van der Waals surface area (Å²) in [4.78, 5) is 34.4. The minimum Gasteiger partial charge on any atom is -0.481 e. The SMILES string of the molecule is NC(CC(=O)O)C(=O)N1CCN(c2ncccn2)CC1. The zero-order chi connectivity index (χ0) is 14.5. The summed E-state index contributed by atoms with van der Waals surface area (Å²) in [6, 6.07) is 0.765. The summed E-state index contributed by atoms with van der Waals surface area (Å²) in [5.41, 5.74) is 5.58. The third-order valence-electron chi connectivity index (χ3n) is 3.14. The number of aliphatic carboxylic acids is 1. The van der Waals surface area contributed by atoms with Crippen LogP contribution in [0.25, 0.3) is 0 Å². The largest absolute Gasteiger partial charge is 0.481 e. The number of carbonyl (C=O) groups excluding carboxylic acids is 1. The molecule has 1 aliphatic heterocycles. The first kappa shape index (κ1) is 14.2. The number of anilines is 1. The maximum absolute atomic E-state index is 12.0. The molecule has 0 radical (unpaired) electrons. The Labute approximate surface area is 116 Å². The molecule has 1 aromatic rings. The van der Waals surface area contributed by atoms with Gasteiger partial charge >= 0.3 is 5.97 Å². The monoisotopic (exact) mass is 279 g/mol. The van der Waals surface area contributed by atoms with Gasteiger partial charge in [0.2, 0.25) is 11.9 Å². The van der Waals surface area contributed by atoms with Gasteiger partial charge in [-0.15, -0.1) is 0 Å². The summed E-state index contributed by atoms with van der Waals surface area (Å²) in [5, 5.41) is 8.65. The van der Waals surface area contributed by atoms with Crippen LogP contribution in [0.5, 0.6) is 0 Å². The van der Waals surface area contributed by atoms with E-state index in [0.29, 0.717) is 32.1 Å². The van der Waals surface area contributed by atoms with E-state index in [-0.39, 0.29) is 12.3 Å². The third-order valence-corrected chi connectivity index (χ3v) is 3.14. The quantitative estimate of drug-likeness (QED) is 0.721. The van der Waals surface area contributed by atoms with Gasteiger partial charge in [0.15, 0.2) is 0 Å². The molecule has 8 nitrogen and oxygen atoms in total. The Morgan fingerprint density at radius 1 is 1.25 bits per heavy atom. The van der Waals surface area contributed by atoms with Crippen molar-refractivity contribution in [3.05, 3.63) is 18.5 Å². The molecule has 0 aliphatic carbocycles. The summed E-state index contributed by atoms with van der Waals surface area (Å²) in [5.74, 6) is -0.752. The van der Waals surface area contributed by atoms with Gasteiger partial charge in [0, 0.05) is 38.6 Å². The molecule has 1 fully saturated rings.